The van der Waals surface area contributed by atoms with E-state index in [1.165, 1.54) is 15.3 Å². The number of thiophene rings is 1. The van der Waals surface area contributed by atoms with E-state index >= 15 is 0 Å². The van der Waals surface area contributed by atoms with Gasteiger partial charge < -0.3 is 15.2 Å². The lowest BCUT2D eigenvalue weighted by molar-refractivity contribution is 0.0644. The smallest absolute Gasteiger partial charge is 0.0897 e. The number of ether oxygens (including phenoxy) is 1. The highest BCUT2D eigenvalue weighted by molar-refractivity contribution is 7.15. The van der Waals surface area contributed by atoms with Crippen molar-refractivity contribution in [3.8, 4) is 10.4 Å². The average Bonchev–Trinajstić information content (AvgIpc) is 2.89. The van der Waals surface area contributed by atoms with Crippen LogP contribution in [-0.4, -0.2) is 31.5 Å². The third-order valence-corrected chi connectivity index (χ3v) is 4.21. The predicted octanol–water partition coefficient (Wildman–Crippen LogP) is 3.17. The lowest BCUT2D eigenvalue weighted by atomic mass is 10.2. The zero-order valence-corrected chi connectivity index (χ0v) is 12.9. The molecule has 20 heavy (non-hydrogen) atoms. The van der Waals surface area contributed by atoms with Gasteiger partial charge in [-0.05, 0) is 29.8 Å². The summed E-state index contributed by atoms with van der Waals surface area (Å²) in [5.74, 6) is 0. The Bertz CT molecular complexity index is 527. The monoisotopic (exact) mass is 311 g/mol. The van der Waals surface area contributed by atoms with Crippen LogP contribution in [0.1, 0.15) is 4.88 Å². The molecule has 0 aliphatic rings. The van der Waals surface area contributed by atoms with E-state index in [9.17, 15) is 5.11 Å². The second-order valence-electron chi connectivity index (χ2n) is 4.51. The summed E-state index contributed by atoms with van der Waals surface area (Å²) in [5.41, 5.74) is 1.17. The number of nitrogens with one attached hydrogen (secondary N) is 1. The van der Waals surface area contributed by atoms with E-state index in [2.05, 4.69) is 17.4 Å². The number of benzene rings is 1. The first-order valence-corrected chi connectivity index (χ1v) is 7.61. The Balaban J connectivity index is 1.87. The Hall–Kier alpha value is -0.910. The number of halogens is 1. The second kappa shape index (κ2) is 7.76. The molecule has 0 fully saturated rings. The van der Waals surface area contributed by atoms with Crippen molar-refractivity contribution in [1.29, 1.82) is 0 Å². The molecular weight excluding hydrogens is 294 g/mol. The normalized spacial score (nSPS) is 12.6. The SMILES string of the molecule is COCC(O)CNCc1ccc(-c2ccc(Cl)cc2)s1. The summed E-state index contributed by atoms with van der Waals surface area (Å²) in [6.07, 6.45) is -0.462. The summed E-state index contributed by atoms with van der Waals surface area (Å²) in [4.78, 5) is 2.45. The first-order valence-electron chi connectivity index (χ1n) is 6.41. The zero-order valence-electron chi connectivity index (χ0n) is 11.3. The molecule has 0 radical (unpaired) electrons. The van der Waals surface area contributed by atoms with E-state index in [0.717, 1.165) is 11.6 Å². The van der Waals surface area contributed by atoms with Crippen molar-refractivity contribution in [2.75, 3.05) is 20.3 Å². The summed E-state index contributed by atoms with van der Waals surface area (Å²) in [6, 6.07) is 12.0. The molecule has 3 nitrogen and oxygen atoms in total. The van der Waals surface area contributed by atoms with Crippen LogP contribution in [0.4, 0.5) is 0 Å². The summed E-state index contributed by atoms with van der Waals surface area (Å²) in [7, 11) is 1.58. The highest BCUT2D eigenvalue weighted by atomic mass is 35.5. The second-order valence-corrected chi connectivity index (χ2v) is 6.12. The average molecular weight is 312 g/mol. The van der Waals surface area contributed by atoms with Crippen molar-refractivity contribution < 1.29 is 9.84 Å². The molecule has 2 rings (SSSR count). The van der Waals surface area contributed by atoms with Crippen molar-refractivity contribution in [3.05, 3.63) is 46.3 Å². The molecule has 1 aromatic heterocycles. The summed E-state index contributed by atoms with van der Waals surface area (Å²) in [5, 5.41) is 13.5. The number of aliphatic hydroxyl groups excluding tert-OH is 1. The van der Waals surface area contributed by atoms with E-state index in [1.807, 2.05) is 24.3 Å². The first-order chi connectivity index (χ1) is 9.69. The number of hydrogen-bond acceptors (Lipinski definition) is 4. The third-order valence-electron chi connectivity index (χ3n) is 2.83. The molecule has 0 saturated carbocycles. The molecule has 108 valence electrons. The van der Waals surface area contributed by atoms with Gasteiger partial charge in [-0.3, -0.25) is 0 Å². The molecular formula is C15H18ClNO2S. The minimum atomic E-state index is -0.462. The quantitative estimate of drug-likeness (QED) is 0.825. The van der Waals surface area contributed by atoms with Crippen LogP contribution >= 0.6 is 22.9 Å². The molecule has 0 spiro atoms. The maximum Gasteiger partial charge on any atom is 0.0897 e. The van der Waals surface area contributed by atoms with Gasteiger partial charge in [-0.2, -0.15) is 0 Å². The minimum Gasteiger partial charge on any atom is -0.389 e. The lowest BCUT2D eigenvalue weighted by Crippen LogP contribution is -2.29. The Morgan fingerprint density at radius 1 is 1.25 bits per heavy atom. The summed E-state index contributed by atoms with van der Waals surface area (Å²) in [6.45, 7) is 1.63. The number of methoxy groups -OCH3 is 1. The van der Waals surface area contributed by atoms with Gasteiger partial charge in [0.25, 0.3) is 0 Å². The van der Waals surface area contributed by atoms with Gasteiger partial charge in [-0.25, -0.2) is 0 Å². The van der Waals surface area contributed by atoms with Gasteiger partial charge in [0.15, 0.2) is 0 Å². The van der Waals surface area contributed by atoms with E-state index in [4.69, 9.17) is 16.3 Å². The molecule has 0 aliphatic carbocycles. The Kier molecular flexibility index (Phi) is 6.01. The van der Waals surface area contributed by atoms with Crippen molar-refractivity contribution in [2.45, 2.75) is 12.6 Å². The van der Waals surface area contributed by atoms with Crippen LogP contribution in [-0.2, 0) is 11.3 Å². The van der Waals surface area contributed by atoms with Gasteiger partial charge in [0.05, 0.1) is 12.7 Å². The molecule has 2 aromatic rings. The van der Waals surface area contributed by atoms with Gasteiger partial charge in [0.1, 0.15) is 0 Å². The van der Waals surface area contributed by atoms with Crippen molar-refractivity contribution >= 4 is 22.9 Å². The molecule has 1 heterocycles. The highest BCUT2D eigenvalue weighted by Gasteiger charge is 2.05. The predicted molar refractivity (Wildman–Crippen MR) is 84.4 cm³/mol. The molecule has 1 atom stereocenters. The van der Waals surface area contributed by atoms with E-state index < -0.39 is 6.10 Å². The number of rotatable bonds is 7. The fourth-order valence-electron chi connectivity index (χ4n) is 1.86. The largest absolute Gasteiger partial charge is 0.389 e. The maximum atomic E-state index is 9.54. The minimum absolute atomic E-state index is 0.355. The molecule has 0 aliphatic heterocycles. The Morgan fingerprint density at radius 2 is 2.00 bits per heavy atom. The molecule has 2 N–H and O–H groups in total. The number of hydrogen-bond donors (Lipinski definition) is 2. The number of aliphatic hydroxyl groups is 1. The van der Waals surface area contributed by atoms with Crippen LogP contribution in [0.5, 0.6) is 0 Å². The van der Waals surface area contributed by atoms with Crippen LogP contribution < -0.4 is 5.32 Å². The van der Waals surface area contributed by atoms with Crippen LogP contribution in [0.25, 0.3) is 10.4 Å². The molecule has 5 heteroatoms. The van der Waals surface area contributed by atoms with Crippen LogP contribution in [0, 0.1) is 0 Å². The first kappa shape index (κ1) is 15.5. The molecule has 0 amide bonds. The van der Waals surface area contributed by atoms with Crippen molar-refractivity contribution in [1.82, 2.24) is 5.32 Å². The van der Waals surface area contributed by atoms with Crippen LogP contribution in [0.3, 0.4) is 0 Å². The van der Waals surface area contributed by atoms with Gasteiger partial charge >= 0.3 is 0 Å². The van der Waals surface area contributed by atoms with Crippen molar-refractivity contribution in [3.63, 3.8) is 0 Å². The standard InChI is InChI=1S/C15H18ClNO2S/c1-19-10-13(18)8-17-9-14-6-7-15(20-14)11-2-4-12(16)5-3-11/h2-7,13,17-18H,8-10H2,1H3. The topological polar surface area (TPSA) is 41.5 Å². The molecule has 1 unspecified atom stereocenters. The molecule has 0 saturated heterocycles. The summed E-state index contributed by atoms with van der Waals surface area (Å²) < 4.78 is 4.88. The highest BCUT2D eigenvalue weighted by Crippen LogP contribution is 2.28. The van der Waals surface area contributed by atoms with Gasteiger partial charge in [-0.15, -0.1) is 11.3 Å². The fourth-order valence-corrected chi connectivity index (χ4v) is 2.96. The molecule has 0 bridgehead atoms. The lowest BCUT2D eigenvalue weighted by Gasteiger charge is -2.09. The zero-order chi connectivity index (χ0) is 14.4. The van der Waals surface area contributed by atoms with E-state index in [-0.39, 0.29) is 0 Å². The van der Waals surface area contributed by atoms with Gasteiger partial charge in [0, 0.05) is 35.0 Å². The maximum absolute atomic E-state index is 9.54. The van der Waals surface area contributed by atoms with Crippen LogP contribution in [0.2, 0.25) is 5.02 Å². The van der Waals surface area contributed by atoms with E-state index in [0.29, 0.717) is 13.2 Å². The summed E-state index contributed by atoms with van der Waals surface area (Å²) >= 11 is 7.63. The molecule has 1 aromatic carbocycles. The van der Waals surface area contributed by atoms with Gasteiger partial charge in [-0.1, -0.05) is 23.7 Å². The van der Waals surface area contributed by atoms with Gasteiger partial charge in [0.2, 0.25) is 0 Å². The Morgan fingerprint density at radius 3 is 2.70 bits per heavy atom. The van der Waals surface area contributed by atoms with Crippen LogP contribution in [0.15, 0.2) is 36.4 Å². The fraction of sp³-hybridized carbons (Fsp3) is 0.333. The Labute approximate surface area is 128 Å². The third kappa shape index (κ3) is 4.58. The van der Waals surface area contributed by atoms with Crippen molar-refractivity contribution in [2.24, 2.45) is 0 Å². The van der Waals surface area contributed by atoms with E-state index in [1.54, 1.807) is 18.4 Å².